The van der Waals surface area contributed by atoms with Gasteiger partial charge in [-0.05, 0) is 29.3 Å². The molecule has 53 heavy (non-hydrogen) atoms. The van der Waals surface area contributed by atoms with Crippen molar-refractivity contribution in [2.45, 2.75) is 39.6 Å². The standard InChI is InChI=1S/C21H29N3O2.C16H20N2.C5H9NO2.CH4/c1-22-20(21(25)26-2)17-24(16-19-11-7-4-8-12-19)14-13-23-15-18-9-5-3-6-10-18;1-3-7-15(8-4-1)13-17-11-12-18-14-16-9-5-2-6-10-16;1-4(6-2)5(7)8-3;/h3-12,20,22-23H,13-17H2,1-2H3;1-10,17-18H,11-14H2;6H,1H2,2-3H3;1H4. The molecule has 5 N–H and O–H groups in total. The molecule has 0 aliphatic heterocycles. The van der Waals surface area contributed by atoms with Crippen LogP contribution in [0.15, 0.2) is 134 Å². The van der Waals surface area contributed by atoms with Gasteiger partial charge in [-0.1, -0.05) is 135 Å². The molecule has 0 bridgehead atoms. The highest BCUT2D eigenvalue weighted by atomic mass is 16.5. The molecule has 0 fully saturated rings. The summed E-state index contributed by atoms with van der Waals surface area (Å²) in [7, 11) is 6.13. The molecule has 0 saturated carbocycles. The first kappa shape index (κ1) is 46.2. The first-order valence-electron chi connectivity index (χ1n) is 17.6. The van der Waals surface area contributed by atoms with Crippen molar-refractivity contribution in [3.8, 4) is 0 Å². The van der Waals surface area contributed by atoms with E-state index in [-0.39, 0.29) is 25.1 Å². The largest absolute Gasteiger partial charge is 0.468 e. The van der Waals surface area contributed by atoms with Gasteiger partial charge in [0.05, 0.1) is 14.2 Å². The van der Waals surface area contributed by atoms with Crippen LogP contribution in [0, 0.1) is 0 Å². The zero-order valence-electron chi connectivity index (χ0n) is 31.3. The lowest BCUT2D eigenvalue weighted by Gasteiger charge is -2.26. The van der Waals surface area contributed by atoms with Crippen molar-refractivity contribution in [1.82, 2.24) is 31.5 Å². The van der Waals surface area contributed by atoms with Crippen molar-refractivity contribution < 1.29 is 19.1 Å². The number of carbonyl (C=O) groups is 2. The van der Waals surface area contributed by atoms with Crippen LogP contribution in [0.4, 0.5) is 0 Å². The molecule has 4 aromatic rings. The summed E-state index contributed by atoms with van der Waals surface area (Å²) >= 11 is 0. The van der Waals surface area contributed by atoms with E-state index in [1.807, 2.05) is 48.5 Å². The Hall–Kier alpha value is -4.84. The number of hydrogen-bond donors (Lipinski definition) is 5. The second-order valence-corrected chi connectivity index (χ2v) is 11.8. The fourth-order valence-corrected chi connectivity index (χ4v) is 4.89. The molecule has 0 amide bonds. The summed E-state index contributed by atoms with van der Waals surface area (Å²) < 4.78 is 9.20. The van der Waals surface area contributed by atoms with Gasteiger partial charge in [0.25, 0.3) is 0 Å². The van der Waals surface area contributed by atoms with Crippen molar-refractivity contribution in [2.24, 2.45) is 0 Å². The Morgan fingerprint density at radius 2 is 1.02 bits per heavy atom. The van der Waals surface area contributed by atoms with E-state index in [1.54, 1.807) is 14.1 Å². The molecule has 1 atom stereocenters. The second-order valence-electron chi connectivity index (χ2n) is 11.8. The molecular weight excluding hydrogens is 665 g/mol. The number of benzene rings is 4. The zero-order chi connectivity index (χ0) is 37.7. The van der Waals surface area contributed by atoms with Crippen LogP contribution in [-0.2, 0) is 45.2 Å². The first-order valence-corrected chi connectivity index (χ1v) is 17.6. The van der Waals surface area contributed by atoms with Crippen molar-refractivity contribution in [3.63, 3.8) is 0 Å². The molecule has 0 heterocycles. The van der Waals surface area contributed by atoms with E-state index >= 15 is 0 Å². The number of rotatable bonds is 20. The number of esters is 2. The fourth-order valence-electron chi connectivity index (χ4n) is 4.89. The lowest BCUT2D eigenvalue weighted by Crippen LogP contribution is -2.46. The molecule has 0 aliphatic rings. The molecule has 0 aromatic heterocycles. The van der Waals surface area contributed by atoms with E-state index in [9.17, 15) is 9.59 Å². The van der Waals surface area contributed by atoms with Crippen LogP contribution in [0.2, 0.25) is 0 Å². The van der Waals surface area contributed by atoms with Gasteiger partial charge in [0, 0.05) is 66.0 Å². The highest BCUT2D eigenvalue weighted by Gasteiger charge is 2.20. The average Bonchev–Trinajstić information content (AvgIpc) is 3.20. The Bertz CT molecular complexity index is 1440. The Morgan fingerprint density at radius 1 is 0.623 bits per heavy atom. The van der Waals surface area contributed by atoms with Crippen LogP contribution < -0.4 is 26.6 Å². The number of nitrogens with one attached hydrogen (secondary N) is 5. The highest BCUT2D eigenvalue weighted by Crippen LogP contribution is 2.06. The van der Waals surface area contributed by atoms with Gasteiger partial charge in [0.2, 0.25) is 0 Å². The minimum absolute atomic E-state index is 0. The number of carbonyl (C=O) groups excluding carboxylic acids is 2. The molecule has 10 heteroatoms. The maximum Gasteiger partial charge on any atom is 0.353 e. The van der Waals surface area contributed by atoms with Gasteiger partial charge in [0.1, 0.15) is 11.7 Å². The second kappa shape index (κ2) is 29.7. The first-order chi connectivity index (χ1) is 25.4. The Morgan fingerprint density at radius 3 is 1.36 bits per heavy atom. The molecular formula is C43H62N6O4. The van der Waals surface area contributed by atoms with Gasteiger partial charge in [-0.3, -0.25) is 9.69 Å². The minimum atomic E-state index is -0.424. The maximum absolute atomic E-state index is 11.9. The summed E-state index contributed by atoms with van der Waals surface area (Å²) in [6.07, 6.45) is 0. The number of methoxy groups -OCH3 is 2. The van der Waals surface area contributed by atoms with Gasteiger partial charge >= 0.3 is 11.9 Å². The van der Waals surface area contributed by atoms with Crippen LogP contribution in [0.3, 0.4) is 0 Å². The summed E-state index contributed by atoms with van der Waals surface area (Å²) in [4.78, 5) is 24.5. The van der Waals surface area contributed by atoms with E-state index in [0.29, 0.717) is 6.54 Å². The zero-order valence-corrected chi connectivity index (χ0v) is 31.3. The van der Waals surface area contributed by atoms with Gasteiger partial charge in [-0.2, -0.15) is 0 Å². The molecule has 4 rings (SSSR count). The normalized spacial score (nSPS) is 10.7. The topological polar surface area (TPSA) is 116 Å². The van der Waals surface area contributed by atoms with Gasteiger partial charge in [0.15, 0.2) is 0 Å². The summed E-state index contributed by atoms with van der Waals surface area (Å²) in [6, 6.07) is 41.3. The minimum Gasteiger partial charge on any atom is -0.468 e. The lowest BCUT2D eigenvalue weighted by atomic mass is 10.2. The third-order valence-electron chi connectivity index (χ3n) is 7.86. The maximum atomic E-state index is 11.9. The molecule has 4 aromatic carbocycles. The van der Waals surface area contributed by atoms with Crippen LogP contribution in [0.25, 0.3) is 0 Å². The summed E-state index contributed by atoms with van der Waals surface area (Å²) in [5.74, 6) is -0.657. The van der Waals surface area contributed by atoms with E-state index in [2.05, 4.69) is 116 Å². The average molecular weight is 727 g/mol. The molecule has 288 valence electrons. The SMILES string of the molecule is C.C=C(NC)C(=O)OC.CNC(CN(CCNCc1ccccc1)Cc1ccccc1)C(=O)OC.c1ccc(CNCCNCc2ccccc2)cc1. The third-order valence-corrected chi connectivity index (χ3v) is 7.86. The van der Waals surface area contributed by atoms with Crippen LogP contribution in [0.1, 0.15) is 29.7 Å². The van der Waals surface area contributed by atoms with Crippen molar-refractivity contribution in [1.29, 1.82) is 0 Å². The van der Waals surface area contributed by atoms with Crippen LogP contribution in [-0.4, -0.2) is 83.9 Å². The molecule has 0 radical (unpaired) electrons. The van der Waals surface area contributed by atoms with E-state index in [1.165, 1.54) is 36.5 Å². The predicted octanol–water partition coefficient (Wildman–Crippen LogP) is 5.13. The molecule has 0 spiro atoms. The molecule has 10 nitrogen and oxygen atoms in total. The number of nitrogens with zero attached hydrogens (tertiary/aromatic N) is 1. The van der Waals surface area contributed by atoms with Gasteiger partial charge in [-0.25, -0.2) is 4.79 Å². The monoisotopic (exact) mass is 726 g/mol. The van der Waals surface area contributed by atoms with Crippen LogP contribution >= 0.6 is 0 Å². The fraction of sp³-hybridized carbons (Fsp3) is 0.349. The number of hydrogen-bond acceptors (Lipinski definition) is 10. The third kappa shape index (κ3) is 21.3. The van der Waals surface area contributed by atoms with E-state index in [4.69, 9.17) is 4.74 Å². The van der Waals surface area contributed by atoms with E-state index < -0.39 is 5.97 Å². The van der Waals surface area contributed by atoms with Gasteiger partial charge in [-0.15, -0.1) is 0 Å². The number of ether oxygens (including phenoxy) is 2. The summed E-state index contributed by atoms with van der Waals surface area (Å²) in [5.41, 5.74) is 5.44. The summed E-state index contributed by atoms with van der Waals surface area (Å²) in [6.45, 7) is 11.1. The summed E-state index contributed by atoms with van der Waals surface area (Å²) in [5, 5.41) is 15.9. The Labute approximate surface area is 318 Å². The predicted molar refractivity (Wildman–Crippen MR) is 218 cm³/mol. The van der Waals surface area contributed by atoms with Crippen molar-refractivity contribution in [3.05, 3.63) is 156 Å². The van der Waals surface area contributed by atoms with Crippen molar-refractivity contribution >= 4 is 11.9 Å². The van der Waals surface area contributed by atoms with Crippen molar-refractivity contribution in [2.75, 3.05) is 61.0 Å². The molecule has 0 saturated heterocycles. The molecule has 1 unspecified atom stereocenters. The lowest BCUT2D eigenvalue weighted by molar-refractivity contribution is -0.143. The van der Waals surface area contributed by atoms with Gasteiger partial charge < -0.3 is 36.1 Å². The molecule has 0 aliphatic carbocycles. The van der Waals surface area contributed by atoms with E-state index in [0.717, 1.165) is 52.4 Å². The Balaban J connectivity index is 0.000000450. The van der Waals surface area contributed by atoms with Crippen LogP contribution in [0.5, 0.6) is 0 Å². The smallest absolute Gasteiger partial charge is 0.353 e. The highest BCUT2D eigenvalue weighted by molar-refractivity contribution is 5.86. The Kier molecular flexibility index (Phi) is 25.9. The quantitative estimate of drug-likeness (QED) is 0.0477. The number of likely N-dealkylation sites (N-methyl/N-ethyl adjacent to an activating group) is 2.